The Morgan fingerprint density at radius 3 is 2.71 bits per heavy atom. The van der Waals surface area contributed by atoms with Crippen molar-refractivity contribution in [3.63, 3.8) is 0 Å². The summed E-state index contributed by atoms with van der Waals surface area (Å²) in [6.45, 7) is 0. The molecule has 1 aromatic carbocycles. The van der Waals surface area contributed by atoms with Crippen LogP contribution in [0.1, 0.15) is 22.9 Å². The molecule has 1 atom stereocenters. The van der Waals surface area contributed by atoms with Crippen molar-refractivity contribution >= 4 is 34.5 Å². The monoisotopic (exact) mass is 285 g/mol. The molecule has 0 spiro atoms. The number of nitrogens with two attached hydrogens (primary N) is 1. The molecule has 1 nitrogen and oxygen atoms in total. The number of thiophene rings is 1. The maximum Gasteiger partial charge on any atom is 0.0640 e. The molecule has 2 rings (SSSR count). The third-order valence-electron chi connectivity index (χ3n) is 2.66. The highest BCUT2D eigenvalue weighted by Crippen LogP contribution is 2.30. The van der Waals surface area contributed by atoms with E-state index >= 15 is 0 Å². The molecule has 0 aliphatic rings. The molecule has 2 aromatic rings. The van der Waals surface area contributed by atoms with Crippen LogP contribution in [0.3, 0.4) is 0 Å². The van der Waals surface area contributed by atoms with Gasteiger partial charge < -0.3 is 5.73 Å². The van der Waals surface area contributed by atoms with Crippen molar-refractivity contribution in [2.75, 3.05) is 0 Å². The predicted octanol–water partition coefficient (Wildman–Crippen LogP) is 4.69. The first-order valence-corrected chi connectivity index (χ1v) is 7.04. The van der Waals surface area contributed by atoms with Gasteiger partial charge in [0.1, 0.15) is 0 Å². The van der Waals surface area contributed by atoms with Crippen LogP contribution in [0.25, 0.3) is 0 Å². The number of halogens is 2. The largest absolute Gasteiger partial charge is 0.324 e. The molecular formula is C13H13Cl2NS. The summed E-state index contributed by atoms with van der Waals surface area (Å²) < 4.78 is 0. The lowest BCUT2D eigenvalue weighted by Crippen LogP contribution is -2.11. The summed E-state index contributed by atoms with van der Waals surface area (Å²) in [5.74, 6) is 0. The van der Waals surface area contributed by atoms with Gasteiger partial charge in [-0.15, -0.1) is 11.3 Å². The highest BCUT2D eigenvalue weighted by molar-refractivity contribution is 7.09. The second-order valence-electron chi connectivity index (χ2n) is 3.87. The van der Waals surface area contributed by atoms with Crippen molar-refractivity contribution in [2.45, 2.75) is 18.9 Å². The van der Waals surface area contributed by atoms with Gasteiger partial charge in [0.15, 0.2) is 0 Å². The average molecular weight is 286 g/mol. The Labute approximate surface area is 115 Å². The smallest absolute Gasteiger partial charge is 0.0640 e. The lowest BCUT2D eigenvalue weighted by Gasteiger charge is -2.13. The lowest BCUT2D eigenvalue weighted by atomic mass is 10.0. The van der Waals surface area contributed by atoms with Crippen LogP contribution >= 0.6 is 34.5 Å². The first-order valence-electron chi connectivity index (χ1n) is 5.40. The molecule has 1 heterocycles. The van der Waals surface area contributed by atoms with E-state index in [9.17, 15) is 0 Å². The molecule has 1 aromatic heterocycles. The van der Waals surface area contributed by atoms with Crippen molar-refractivity contribution in [1.82, 2.24) is 0 Å². The summed E-state index contributed by atoms with van der Waals surface area (Å²) in [4.78, 5) is 1.35. The van der Waals surface area contributed by atoms with E-state index in [4.69, 9.17) is 28.9 Å². The van der Waals surface area contributed by atoms with Crippen LogP contribution in [0, 0.1) is 0 Å². The number of aryl methyl sites for hydroxylation is 1. The normalized spacial score (nSPS) is 12.6. The topological polar surface area (TPSA) is 26.0 Å². The van der Waals surface area contributed by atoms with Gasteiger partial charge in [-0.05, 0) is 35.9 Å². The molecule has 0 fully saturated rings. The Kier molecular flexibility index (Phi) is 4.46. The number of rotatable bonds is 4. The molecule has 90 valence electrons. The van der Waals surface area contributed by atoms with Crippen LogP contribution in [-0.2, 0) is 6.42 Å². The van der Waals surface area contributed by atoms with E-state index in [2.05, 4.69) is 17.5 Å². The van der Waals surface area contributed by atoms with Gasteiger partial charge in [0.25, 0.3) is 0 Å². The molecule has 2 N–H and O–H groups in total. The zero-order chi connectivity index (χ0) is 12.3. The van der Waals surface area contributed by atoms with Crippen LogP contribution in [0.5, 0.6) is 0 Å². The van der Waals surface area contributed by atoms with Gasteiger partial charge >= 0.3 is 0 Å². The van der Waals surface area contributed by atoms with E-state index in [-0.39, 0.29) is 6.04 Å². The Bertz CT molecular complexity index is 482. The van der Waals surface area contributed by atoms with Gasteiger partial charge in [-0.25, -0.2) is 0 Å². The first kappa shape index (κ1) is 12.9. The molecule has 1 unspecified atom stereocenters. The van der Waals surface area contributed by atoms with Gasteiger partial charge in [0, 0.05) is 10.9 Å². The summed E-state index contributed by atoms with van der Waals surface area (Å²) in [5.41, 5.74) is 7.07. The third kappa shape index (κ3) is 3.23. The van der Waals surface area contributed by atoms with Crippen molar-refractivity contribution < 1.29 is 0 Å². The van der Waals surface area contributed by atoms with Gasteiger partial charge in [-0.2, -0.15) is 0 Å². The summed E-state index contributed by atoms with van der Waals surface area (Å²) in [5, 5.41) is 3.22. The molecule has 4 heteroatoms. The zero-order valence-corrected chi connectivity index (χ0v) is 11.5. The summed E-state index contributed by atoms with van der Waals surface area (Å²) in [6, 6.07) is 9.71. The number of benzene rings is 1. The zero-order valence-electron chi connectivity index (χ0n) is 9.20. The summed E-state index contributed by atoms with van der Waals surface area (Å²) in [6.07, 6.45) is 1.85. The lowest BCUT2D eigenvalue weighted by molar-refractivity contribution is 0.656. The fourth-order valence-electron chi connectivity index (χ4n) is 1.71. The maximum absolute atomic E-state index is 6.14. The minimum Gasteiger partial charge on any atom is -0.324 e. The molecule has 17 heavy (non-hydrogen) atoms. The standard InChI is InChI=1S/C13H13Cl2NS/c14-11-5-1-4-10(13(11)15)12(16)7-6-9-3-2-8-17-9/h1-5,8,12H,6-7,16H2. The van der Waals surface area contributed by atoms with E-state index in [0.717, 1.165) is 18.4 Å². The molecule has 0 aliphatic heterocycles. The van der Waals surface area contributed by atoms with E-state index in [0.29, 0.717) is 10.0 Å². The fourth-order valence-corrected chi connectivity index (χ4v) is 2.89. The Balaban J connectivity index is 2.04. The highest BCUT2D eigenvalue weighted by Gasteiger charge is 2.12. The van der Waals surface area contributed by atoms with E-state index in [1.165, 1.54) is 4.88 Å². The average Bonchev–Trinajstić information content (AvgIpc) is 2.82. The van der Waals surface area contributed by atoms with Crippen LogP contribution in [0.15, 0.2) is 35.7 Å². The van der Waals surface area contributed by atoms with Crippen LogP contribution < -0.4 is 5.73 Å². The number of hydrogen-bond acceptors (Lipinski definition) is 2. The molecule has 0 aliphatic carbocycles. The molecule has 0 amide bonds. The van der Waals surface area contributed by atoms with Crippen LogP contribution in [0.4, 0.5) is 0 Å². The second kappa shape index (κ2) is 5.87. The Morgan fingerprint density at radius 1 is 1.18 bits per heavy atom. The summed E-state index contributed by atoms with van der Waals surface area (Å²) in [7, 11) is 0. The van der Waals surface area contributed by atoms with Crippen molar-refractivity contribution in [3.8, 4) is 0 Å². The SMILES string of the molecule is NC(CCc1cccs1)c1cccc(Cl)c1Cl. The van der Waals surface area contributed by atoms with Crippen molar-refractivity contribution in [3.05, 3.63) is 56.2 Å². The molecule has 0 saturated heterocycles. The molecule has 0 saturated carbocycles. The van der Waals surface area contributed by atoms with E-state index < -0.39 is 0 Å². The van der Waals surface area contributed by atoms with Gasteiger partial charge in [-0.3, -0.25) is 0 Å². The maximum atomic E-state index is 6.14. The van der Waals surface area contributed by atoms with Crippen molar-refractivity contribution in [2.24, 2.45) is 5.73 Å². The second-order valence-corrected chi connectivity index (χ2v) is 5.68. The molecule has 0 bridgehead atoms. The minimum atomic E-state index is -0.0664. The van der Waals surface area contributed by atoms with Gasteiger partial charge in [-0.1, -0.05) is 41.4 Å². The fraction of sp³-hybridized carbons (Fsp3) is 0.231. The quantitative estimate of drug-likeness (QED) is 0.867. The van der Waals surface area contributed by atoms with Gasteiger partial charge in [0.05, 0.1) is 10.0 Å². The highest BCUT2D eigenvalue weighted by atomic mass is 35.5. The predicted molar refractivity (Wildman–Crippen MR) is 76.0 cm³/mol. The van der Waals surface area contributed by atoms with Gasteiger partial charge in [0.2, 0.25) is 0 Å². The van der Waals surface area contributed by atoms with Crippen LogP contribution in [0.2, 0.25) is 10.0 Å². The van der Waals surface area contributed by atoms with Crippen molar-refractivity contribution in [1.29, 1.82) is 0 Å². The van der Waals surface area contributed by atoms with Crippen LogP contribution in [-0.4, -0.2) is 0 Å². The minimum absolute atomic E-state index is 0.0664. The van der Waals surface area contributed by atoms with E-state index in [1.54, 1.807) is 17.4 Å². The molecular weight excluding hydrogens is 273 g/mol. The van der Waals surface area contributed by atoms with E-state index in [1.807, 2.05) is 12.1 Å². The molecule has 0 radical (unpaired) electrons. The Morgan fingerprint density at radius 2 is 2.00 bits per heavy atom. The summed E-state index contributed by atoms with van der Waals surface area (Å²) >= 11 is 13.9. The third-order valence-corrected chi connectivity index (χ3v) is 4.43. The number of hydrogen-bond donors (Lipinski definition) is 1. The Hall–Kier alpha value is -0.540. The first-order chi connectivity index (χ1) is 8.18.